The zero-order chi connectivity index (χ0) is 15.0. The molecule has 0 radical (unpaired) electrons. The molecule has 1 fully saturated rings. The van der Waals surface area contributed by atoms with E-state index >= 15 is 0 Å². The van der Waals surface area contributed by atoms with E-state index in [9.17, 15) is 13.2 Å². The van der Waals surface area contributed by atoms with Crippen LogP contribution >= 0.6 is 0 Å². The molecule has 0 spiro atoms. The van der Waals surface area contributed by atoms with Gasteiger partial charge in [-0.2, -0.15) is 13.2 Å². The highest BCUT2D eigenvalue weighted by Crippen LogP contribution is 2.36. The van der Waals surface area contributed by atoms with E-state index in [1.54, 1.807) is 6.07 Å². The molecule has 21 heavy (non-hydrogen) atoms. The monoisotopic (exact) mass is 296 g/mol. The summed E-state index contributed by atoms with van der Waals surface area (Å²) < 4.78 is 40.6. The molecule has 0 saturated heterocycles. The SMILES string of the molecule is CCn1c(C2CCCCC2)nc2cc(C(F)(F)F)ccc21. The van der Waals surface area contributed by atoms with Crippen LogP contribution in [0.15, 0.2) is 18.2 Å². The molecular weight excluding hydrogens is 277 g/mol. The maximum Gasteiger partial charge on any atom is 0.416 e. The van der Waals surface area contributed by atoms with Gasteiger partial charge in [0.1, 0.15) is 5.82 Å². The number of alkyl halides is 3. The Labute approximate surface area is 122 Å². The minimum Gasteiger partial charge on any atom is -0.328 e. The predicted molar refractivity (Wildman–Crippen MR) is 76.2 cm³/mol. The van der Waals surface area contributed by atoms with E-state index in [-0.39, 0.29) is 0 Å². The number of rotatable bonds is 2. The Morgan fingerprint density at radius 1 is 1.19 bits per heavy atom. The molecule has 3 rings (SSSR count). The lowest BCUT2D eigenvalue weighted by Crippen LogP contribution is -2.11. The maximum absolute atomic E-state index is 12.8. The second-order valence-corrected chi connectivity index (χ2v) is 5.75. The number of halogens is 3. The normalized spacial score (nSPS) is 17.5. The first-order chi connectivity index (χ1) is 10.0. The average Bonchev–Trinajstić information content (AvgIpc) is 2.84. The minimum absolute atomic E-state index is 0.389. The van der Waals surface area contributed by atoms with Crippen molar-refractivity contribution in [2.75, 3.05) is 0 Å². The van der Waals surface area contributed by atoms with Gasteiger partial charge in [0, 0.05) is 12.5 Å². The second-order valence-electron chi connectivity index (χ2n) is 5.75. The summed E-state index contributed by atoms with van der Waals surface area (Å²) in [5, 5.41) is 0. The molecular formula is C16H19F3N2. The third-order valence-electron chi connectivity index (χ3n) is 4.39. The minimum atomic E-state index is -4.31. The predicted octanol–water partition coefficient (Wildman–Crippen LogP) is 5.12. The fraction of sp³-hybridized carbons (Fsp3) is 0.562. The van der Waals surface area contributed by atoms with Crippen molar-refractivity contribution in [1.29, 1.82) is 0 Å². The molecule has 1 aromatic heterocycles. The molecule has 0 atom stereocenters. The Balaban J connectivity index is 2.08. The van der Waals surface area contributed by atoms with E-state index in [1.807, 2.05) is 6.92 Å². The van der Waals surface area contributed by atoms with Gasteiger partial charge in [-0.05, 0) is 38.0 Å². The van der Waals surface area contributed by atoms with E-state index in [0.29, 0.717) is 11.4 Å². The van der Waals surface area contributed by atoms with Crippen molar-refractivity contribution in [3.05, 3.63) is 29.6 Å². The van der Waals surface area contributed by atoms with Gasteiger partial charge < -0.3 is 4.57 Å². The number of aryl methyl sites for hydroxylation is 1. The van der Waals surface area contributed by atoms with E-state index in [2.05, 4.69) is 9.55 Å². The Morgan fingerprint density at radius 3 is 2.52 bits per heavy atom. The molecule has 1 aliphatic carbocycles. The van der Waals surface area contributed by atoms with Crippen LogP contribution in [-0.2, 0) is 12.7 Å². The number of fused-ring (bicyclic) bond motifs is 1. The molecule has 1 heterocycles. The summed E-state index contributed by atoms with van der Waals surface area (Å²) in [5.74, 6) is 1.35. The first kappa shape index (κ1) is 14.4. The molecule has 1 aromatic carbocycles. The van der Waals surface area contributed by atoms with Crippen molar-refractivity contribution in [3.8, 4) is 0 Å². The average molecular weight is 296 g/mol. The zero-order valence-electron chi connectivity index (χ0n) is 12.1. The molecule has 0 aliphatic heterocycles. The molecule has 0 bridgehead atoms. The van der Waals surface area contributed by atoms with Crippen LogP contribution in [0, 0.1) is 0 Å². The summed E-state index contributed by atoms with van der Waals surface area (Å²) >= 11 is 0. The molecule has 0 N–H and O–H groups in total. The number of hydrogen-bond acceptors (Lipinski definition) is 1. The van der Waals surface area contributed by atoms with E-state index in [0.717, 1.165) is 36.8 Å². The number of aromatic nitrogens is 2. The molecule has 0 unspecified atom stereocenters. The standard InChI is InChI=1S/C16H19F3N2/c1-2-21-14-9-8-12(16(17,18)19)10-13(14)20-15(21)11-6-4-3-5-7-11/h8-11H,2-7H2,1H3. The van der Waals surface area contributed by atoms with Gasteiger partial charge in [0.15, 0.2) is 0 Å². The number of hydrogen-bond donors (Lipinski definition) is 0. The first-order valence-electron chi connectivity index (χ1n) is 7.58. The van der Waals surface area contributed by atoms with Crippen LogP contribution in [0.2, 0.25) is 0 Å². The van der Waals surface area contributed by atoms with Crippen LogP contribution in [0.4, 0.5) is 13.2 Å². The van der Waals surface area contributed by atoms with Crippen LogP contribution in [0.1, 0.15) is 56.3 Å². The molecule has 1 aliphatic rings. The lowest BCUT2D eigenvalue weighted by molar-refractivity contribution is -0.137. The molecule has 1 saturated carbocycles. The fourth-order valence-electron chi connectivity index (χ4n) is 3.33. The number of nitrogens with zero attached hydrogens (tertiary/aromatic N) is 2. The highest BCUT2D eigenvalue weighted by atomic mass is 19.4. The zero-order valence-corrected chi connectivity index (χ0v) is 12.1. The Hall–Kier alpha value is -1.52. The third-order valence-corrected chi connectivity index (χ3v) is 4.39. The summed E-state index contributed by atoms with van der Waals surface area (Å²) in [5.41, 5.74) is 0.657. The van der Waals surface area contributed by atoms with Crippen LogP contribution in [0.3, 0.4) is 0 Å². The fourth-order valence-corrected chi connectivity index (χ4v) is 3.33. The summed E-state index contributed by atoms with van der Waals surface area (Å²) in [6, 6.07) is 3.88. The summed E-state index contributed by atoms with van der Waals surface area (Å²) in [4.78, 5) is 4.54. The molecule has 0 amide bonds. The second kappa shape index (κ2) is 5.35. The van der Waals surface area contributed by atoms with Gasteiger partial charge in [-0.3, -0.25) is 0 Å². The lowest BCUT2D eigenvalue weighted by Gasteiger charge is -2.21. The summed E-state index contributed by atoms with van der Waals surface area (Å²) in [6.07, 6.45) is 1.50. The van der Waals surface area contributed by atoms with Gasteiger partial charge in [0.2, 0.25) is 0 Å². The van der Waals surface area contributed by atoms with E-state index < -0.39 is 11.7 Å². The molecule has 114 valence electrons. The lowest BCUT2D eigenvalue weighted by atomic mass is 9.88. The summed E-state index contributed by atoms with van der Waals surface area (Å²) in [6.45, 7) is 2.76. The van der Waals surface area contributed by atoms with E-state index in [1.165, 1.54) is 25.3 Å². The highest BCUT2D eigenvalue weighted by Gasteiger charge is 2.31. The molecule has 5 heteroatoms. The van der Waals surface area contributed by atoms with Gasteiger partial charge in [-0.15, -0.1) is 0 Å². The van der Waals surface area contributed by atoms with Crippen molar-refractivity contribution in [3.63, 3.8) is 0 Å². The third kappa shape index (κ3) is 2.65. The number of imidazole rings is 1. The van der Waals surface area contributed by atoms with Gasteiger partial charge in [-0.25, -0.2) is 4.98 Å². The van der Waals surface area contributed by atoms with Crippen LogP contribution in [0.25, 0.3) is 11.0 Å². The Kier molecular flexibility index (Phi) is 3.68. The van der Waals surface area contributed by atoms with Crippen molar-refractivity contribution in [1.82, 2.24) is 9.55 Å². The van der Waals surface area contributed by atoms with Gasteiger partial charge in [-0.1, -0.05) is 19.3 Å². The summed E-state index contributed by atoms with van der Waals surface area (Å²) in [7, 11) is 0. The molecule has 2 nitrogen and oxygen atoms in total. The highest BCUT2D eigenvalue weighted by molar-refractivity contribution is 5.77. The van der Waals surface area contributed by atoms with Crippen LogP contribution in [-0.4, -0.2) is 9.55 Å². The van der Waals surface area contributed by atoms with Gasteiger partial charge in [0.05, 0.1) is 16.6 Å². The smallest absolute Gasteiger partial charge is 0.328 e. The van der Waals surface area contributed by atoms with Crippen LogP contribution < -0.4 is 0 Å². The topological polar surface area (TPSA) is 17.8 Å². The Morgan fingerprint density at radius 2 is 1.90 bits per heavy atom. The molecule has 2 aromatic rings. The van der Waals surface area contributed by atoms with Crippen molar-refractivity contribution in [2.45, 2.75) is 57.7 Å². The van der Waals surface area contributed by atoms with Gasteiger partial charge in [0.25, 0.3) is 0 Å². The Bertz CT molecular complexity index is 637. The van der Waals surface area contributed by atoms with Crippen molar-refractivity contribution >= 4 is 11.0 Å². The van der Waals surface area contributed by atoms with E-state index in [4.69, 9.17) is 0 Å². The van der Waals surface area contributed by atoms with Crippen LogP contribution in [0.5, 0.6) is 0 Å². The van der Waals surface area contributed by atoms with Crippen molar-refractivity contribution < 1.29 is 13.2 Å². The van der Waals surface area contributed by atoms with Crippen molar-refractivity contribution in [2.24, 2.45) is 0 Å². The quantitative estimate of drug-likeness (QED) is 0.752. The number of benzene rings is 1. The maximum atomic E-state index is 12.8. The first-order valence-corrected chi connectivity index (χ1v) is 7.58. The van der Waals surface area contributed by atoms with Gasteiger partial charge >= 0.3 is 6.18 Å². The largest absolute Gasteiger partial charge is 0.416 e.